The molecule has 1 aromatic carbocycles. The van der Waals surface area contributed by atoms with Gasteiger partial charge in [0.15, 0.2) is 0 Å². The minimum atomic E-state index is -0.235. The minimum Gasteiger partial charge on any atom is -0.383 e. The number of hydrogen-bond donors (Lipinski definition) is 1. The number of methoxy groups -OCH3 is 1. The van der Waals surface area contributed by atoms with Crippen LogP contribution in [0.1, 0.15) is 25.8 Å². The highest BCUT2D eigenvalue weighted by Gasteiger charge is 2.14. The van der Waals surface area contributed by atoms with E-state index >= 15 is 0 Å². The molecule has 0 aliphatic rings. The molecule has 0 aliphatic heterocycles. The zero-order valence-corrected chi connectivity index (χ0v) is 11.4. The van der Waals surface area contributed by atoms with E-state index in [0.717, 1.165) is 18.7 Å². The average Bonchev–Trinajstić information content (AvgIpc) is 2.39. The summed E-state index contributed by atoms with van der Waals surface area (Å²) in [6, 6.07) is 5.59. The quantitative estimate of drug-likeness (QED) is 0.812. The lowest BCUT2D eigenvalue weighted by atomic mass is 10.1. The molecule has 3 nitrogen and oxygen atoms in total. The van der Waals surface area contributed by atoms with Gasteiger partial charge in [-0.2, -0.15) is 0 Å². The first-order valence-electron chi connectivity index (χ1n) is 6.38. The number of rotatable bonds is 7. The number of halogens is 1. The highest BCUT2D eigenvalue weighted by atomic mass is 19.1. The van der Waals surface area contributed by atoms with Crippen molar-refractivity contribution in [3.63, 3.8) is 0 Å². The molecule has 0 saturated heterocycles. The third-order valence-corrected chi connectivity index (χ3v) is 3.25. The van der Waals surface area contributed by atoms with Crippen LogP contribution in [-0.4, -0.2) is 26.3 Å². The van der Waals surface area contributed by atoms with Gasteiger partial charge in [0.2, 0.25) is 0 Å². The molecule has 0 spiro atoms. The summed E-state index contributed by atoms with van der Waals surface area (Å²) < 4.78 is 18.9. The second-order valence-electron chi connectivity index (χ2n) is 4.42. The molecule has 102 valence electrons. The fraction of sp³-hybridized carbons (Fsp3) is 0.571. The minimum absolute atomic E-state index is 0.230. The number of nitrogens with zero attached hydrogens (tertiary/aromatic N) is 1. The van der Waals surface area contributed by atoms with Crippen LogP contribution < -0.4 is 10.6 Å². The zero-order chi connectivity index (χ0) is 13.5. The smallest absolute Gasteiger partial charge is 0.129 e. The van der Waals surface area contributed by atoms with Crippen LogP contribution >= 0.6 is 0 Å². The topological polar surface area (TPSA) is 38.5 Å². The van der Waals surface area contributed by atoms with Gasteiger partial charge in [-0.15, -0.1) is 0 Å². The first-order valence-corrected chi connectivity index (χ1v) is 6.38. The van der Waals surface area contributed by atoms with Gasteiger partial charge < -0.3 is 15.4 Å². The third kappa shape index (κ3) is 3.68. The predicted octanol–water partition coefficient (Wildman–Crippen LogP) is 2.54. The average molecular weight is 254 g/mol. The van der Waals surface area contributed by atoms with Crippen molar-refractivity contribution < 1.29 is 9.13 Å². The van der Waals surface area contributed by atoms with Gasteiger partial charge in [-0.05, 0) is 25.5 Å². The summed E-state index contributed by atoms with van der Waals surface area (Å²) in [5, 5.41) is 0. The van der Waals surface area contributed by atoms with Crippen molar-refractivity contribution in [1.82, 2.24) is 0 Å². The van der Waals surface area contributed by atoms with Gasteiger partial charge in [0, 0.05) is 37.5 Å². The molecule has 0 radical (unpaired) electrons. The standard InChI is InChI=1S/C14H23FN2O/c1-4-11(2)17(7-8-18-3)13-6-5-12(10-16)14(15)9-13/h5-6,9,11H,4,7-8,10,16H2,1-3H3. The highest BCUT2D eigenvalue weighted by molar-refractivity contribution is 5.49. The van der Waals surface area contributed by atoms with Gasteiger partial charge in [-0.3, -0.25) is 0 Å². The van der Waals surface area contributed by atoms with Crippen molar-refractivity contribution in [1.29, 1.82) is 0 Å². The van der Waals surface area contributed by atoms with Crippen molar-refractivity contribution in [2.45, 2.75) is 32.9 Å². The van der Waals surface area contributed by atoms with Crippen LogP contribution in [0.4, 0.5) is 10.1 Å². The molecule has 0 bridgehead atoms. The Morgan fingerprint density at radius 3 is 2.67 bits per heavy atom. The molecule has 4 heteroatoms. The number of nitrogens with two attached hydrogens (primary N) is 1. The fourth-order valence-electron chi connectivity index (χ4n) is 1.89. The van der Waals surface area contributed by atoms with Gasteiger partial charge in [0.1, 0.15) is 5.82 Å². The van der Waals surface area contributed by atoms with Gasteiger partial charge >= 0.3 is 0 Å². The van der Waals surface area contributed by atoms with Crippen molar-refractivity contribution >= 4 is 5.69 Å². The Kier molecular flexibility index (Phi) is 6.09. The van der Waals surface area contributed by atoms with Crippen molar-refractivity contribution in [2.75, 3.05) is 25.2 Å². The molecule has 1 aromatic rings. The van der Waals surface area contributed by atoms with E-state index in [9.17, 15) is 4.39 Å². The molecule has 1 rings (SSSR count). The lowest BCUT2D eigenvalue weighted by Crippen LogP contribution is -2.35. The van der Waals surface area contributed by atoms with E-state index in [1.165, 1.54) is 0 Å². The van der Waals surface area contributed by atoms with Crippen molar-refractivity contribution in [2.24, 2.45) is 5.73 Å². The maximum absolute atomic E-state index is 13.8. The van der Waals surface area contributed by atoms with Crippen LogP contribution in [-0.2, 0) is 11.3 Å². The van der Waals surface area contributed by atoms with Crippen LogP contribution in [0.5, 0.6) is 0 Å². The molecule has 0 aliphatic carbocycles. The maximum atomic E-state index is 13.8. The van der Waals surface area contributed by atoms with Crippen LogP contribution in [0.15, 0.2) is 18.2 Å². The van der Waals surface area contributed by atoms with E-state index in [-0.39, 0.29) is 12.4 Å². The molecule has 1 unspecified atom stereocenters. The van der Waals surface area contributed by atoms with Crippen LogP contribution in [0.25, 0.3) is 0 Å². The number of hydrogen-bond acceptors (Lipinski definition) is 3. The summed E-state index contributed by atoms with van der Waals surface area (Å²) in [6.07, 6.45) is 1.00. The Balaban J connectivity index is 2.93. The predicted molar refractivity (Wildman–Crippen MR) is 73.3 cm³/mol. The first kappa shape index (κ1) is 14.9. The number of ether oxygens (including phenoxy) is 1. The van der Waals surface area contributed by atoms with Crippen LogP contribution in [0, 0.1) is 5.82 Å². The first-order chi connectivity index (χ1) is 8.63. The van der Waals surface area contributed by atoms with Crippen LogP contribution in [0.2, 0.25) is 0 Å². The summed E-state index contributed by atoms with van der Waals surface area (Å²) >= 11 is 0. The van der Waals surface area contributed by atoms with Crippen LogP contribution in [0.3, 0.4) is 0 Å². The maximum Gasteiger partial charge on any atom is 0.129 e. The summed E-state index contributed by atoms with van der Waals surface area (Å²) in [6.45, 7) is 5.87. The molecule has 0 aromatic heterocycles. The number of anilines is 1. The Labute approximate surface area is 109 Å². The van der Waals surface area contributed by atoms with E-state index < -0.39 is 0 Å². The van der Waals surface area contributed by atoms with Gasteiger partial charge in [-0.25, -0.2) is 4.39 Å². The SMILES string of the molecule is CCC(C)N(CCOC)c1ccc(CN)c(F)c1. The molecule has 0 fully saturated rings. The Bertz CT molecular complexity index is 371. The summed E-state index contributed by atoms with van der Waals surface area (Å²) in [7, 11) is 1.67. The van der Waals surface area contributed by atoms with Crippen molar-refractivity contribution in [3.05, 3.63) is 29.6 Å². The second kappa shape index (κ2) is 7.34. The molecule has 0 heterocycles. The van der Waals surface area contributed by atoms with Gasteiger partial charge in [-0.1, -0.05) is 13.0 Å². The molecule has 0 amide bonds. The fourth-order valence-corrected chi connectivity index (χ4v) is 1.89. The summed E-state index contributed by atoms with van der Waals surface area (Å²) in [5.74, 6) is -0.235. The molecule has 2 N–H and O–H groups in total. The Hall–Kier alpha value is -1.13. The molecule has 0 saturated carbocycles. The lowest BCUT2D eigenvalue weighted by molar-refractivity contribution is 0.203. The van der Waals surface area contributed by atoms with E-state index in [1.54, 1.807) is 19.2 Å². The van der Waals surface area contributed by atoms with E-state index in [0.29, 0.717) is 18.2 Å². The van der Waals surface area contributed by atoms with E-state index in [4.69, 9.17) is 10.5 Å². The second-order valence-corrected chi connectivity index (χ2v) is 4.42. The Morgan fingerprint density at radius 2 is 2.17 bits per heavy atom. The van der Waals surface area contributed by atoms with E-state index in [2.05, 4.69) is 18.7 Å². The van der Waals surface area contributed by atoms with Gasteiger partial charge in [0.05, 0.1) is 6.61 Å². The summed E-state index contributed by atoms with van der Waals surface area (Å²) in [4.78, 5) is 2.16. The number of benzene rings is 1. The zero-order valence-electron chi connectivity index (χ0n) is 11.4. The monoisotopic (exact) mass is 254 g/mol. The molecular weight excluding hydrogens is 231 g/mol. The normalized spacial score (nSPS) is 12.5. The largest absolute Gasteiger partial charge is 0.383 e. The molecule has 1 atom stereocenters. The third-order valence-electron chi connectivity index (χ3n) is 3.25. The summed E-state index contributed by atoms with van der Waals surface area (Å²) in [5.41, 5.74) is 6.91. The molecular formula is C14H23FN2O. The Morgan fingerprint density at radius 1 is 1.44 bits per heavy atom. The highest BCUT2D eigenvalue weighted by Crippen LogP contribution is 2.21. The lowest BCUT2D eigenvalue weighted by Gasteiger charge is -2.30. The van der Waals surface area contributed by atoms with Crippen molar-refractivity contribution in [3.8, 4) is 0 Å². The van der Waals surface area contributed by atoms with Gasteiger partial charge in [0.25, 0.3) is 0 Å². The molecule has 18 heavy (non-hydrogen) atoms. The van der Waals surface area contributed by atoms with E-state index in [1.807, 2.05) is 6.07 Å².